The molecule has 0 N–H and O–H groups in total. The highest BCUT2D eigenvalue weighted by Crippen LogP contribution is 2.17. The first-order valence-corrected chi connectivity index (χ1v) is 29.2. The fourth-order valence-corrected chi connectivity index (χ4v) is 8.85. The topological polar surface area (TPSA) is 78.9 Å². The molecule has 0 heterocycles. The molecule has 0 aromatic heterocycles. The van der Waals surface area contributed by atoms with Crippen LogP contribution in [0.15, 0.2) is 12.2 Å². The molecule has 384 valence electrons. The molecule has 0 fully saturated rings. The van der Waals surface area contributed by atoms with Crippen LogP contribution in [0.3, 0.4) is 0 Å². The normalized spacial score (nSPS) is 12.0. The molecule has 0 saturated carbocycles. The van der Waals surface area contributed by atoms with Gasteiger partial charge in [-0.15, -0.1) is 0 Å². The van der Waals surface area contributed by atoms with Crippen molar-refractivity contribution in [1.82, 2.24) is 0 Å². The van der Waals surface area contributed by atoms with Gasteiger partial charge in [0.25, 0.3) is 0 Å². The number of carbonyl (C=O) groups is 3. The standard InChI is InChI=1S/C59H112O6/c1-4-7-10-13-16-18-20-21-22-23-24-25-26-27-28-29-30-31-32-33-34-35-36-37-38-39-40-42-43-46-49-52-58(61)64-55-56(54-63-57(60)51-48-45-15-12-9-6-3)65-59(62)53-50-47-44-41-19-17-14-11-8-5-2/h23-24,56H,4-22,25-55H2,1-3H3/b24-23-. The summed E-state index contributed by atoms with van der Waals surface area (Å²) in [5.74, 6) is -0.859. The Labute approximate surface area is 405 Å². The van der Waals surface area contributed by atoms with Gasteiger partial charge >= 0.3 is 17.9 Å². The molecular weight excluding hydrogens is 805 g/mol. The van der Waals surface area contributed by atoms with Crippen LogP contribution in [0.5, 0.6) is 0 Å². The number of rotatable bonds is 54. The van der Waals surface area contributed by atoms with Gasteiger partial charge in [-0.3, -0.25) is 14.4 Å². The summed E-state index contributed by atoms with van der Waals surface area (Å²) in [6.45, 7) is 6.60. The average Bonchev–Trinajstić information content (AvgIpc) is 3.30. The number of hydrogen-bond acceptors (Lipinski definition) is 6. The Morgan fingerprint density at radius 2 is 0.508 bits per heavy atom. The fourth-order valence-electron chi connectivity index (χ4n) is 8.85. The van der Waals surface area contributed by atoms with E-state index in [1.165, 1.54) is 231 Å². The molecule has 1 unspecified atom stereocenters. The van der Waals surface area contributed by atoms with Gasteiger partial charge in [0.05, 0.1) is 0 Å². The third-order valence-corrected chi connectivity index (χ3v) is 13.3. The molecule has 6 heteroatoms. The lowest BCUT2D eigenvalue weighted by molar-refractivity contribution is -0.167. The Morgan fingerprint density at radius 3 is 0.769 bits per heavy atom. The number of unbranched alkanes of at least 4 members (excludes halogenated alkanes) is 41. The van der Waals surface area contributed by atoms with Crippen LogP contribution in [0.4, 0.5) is 0 Å². The van der Waals surface area contributed by atoms with Gasteiger partial charge in [-0.25, -0.2) is 0 Å². The van der Waals surface area contributed by atoms with E-state index in [-0.39, 0.29) is 31.1 Å². The van der Waals surface area contributed by atoms with Crippen molar-refractivity contribution >= 4 is 17.9 Å². The SMILES string of the molecule is CCCCCCCCCC/C=C\CCCCCCCCCCCCCCCCCCCCCC(=O)OCC(COC(=O)CCCCCCCC)OC(=O)CCCCCCCCCCCC. The quantitative estimate of drug-likeness (QED) is 0.0262. The minimum atomic E-state index is -0.759. The van der Waals surface area contributed by atoms with Crippen LogP contribution < -0.4 is 0 Å². The van der Waals surface area contributed by atoms with E-state index in [1.54, 1.807) is 0 Å². The monoisotopic (exact) mass is 917 g/mol. The fraction of sp³-hybridized carbons (Fsp3) is 0.915. The summed E-state index contributed by atoms with van der Waals surface area (Å²) < 4.78 is 16.7. The van der Waals surface area contributed by atoms with Gasteiger partial charge in [0.2, 0.25) is 0 Å². The summed E-state index contributed by atoms with van der Waals surface area (Å²) >= 11 is 0. The molecule has 0 aliphatic heterocycles. The smallest absolute Gasteiger partial charge is 0.306 e. The molecule has 0 aromatic rings. The van der Waals surface area contributed by atoms with Crippen LogP contribution in [0.2, 0.25) is 0 Å². The van der Waals surface area contributed by atoms with Crippen molar-refractivity contribution in [3.05, 3.63) is 12.2 Å². The number of hydrogen-bond donors (Lipinski definition) is 0. The highest BCUT2D eigenvalue weighted by Gasteiger charge is 2.19. The first-order chi connectivity index (χ1) is 32.0. The largest absolute Gasteiger partial charge is 0.462 e. The van der Waals surface area contributed by atoms with Crippen molar-refractivity contribution in [3.8, 4) is 0 Å². The van der Waals surface area contributed by atoms with Crippen LogP contribution in [0.1, 0.15) is 329 Å². The molecule has 0 rings (SSSR count). The van der Waals surface area contributed by atoms with Gasteiger partial charge in [0, 0.05) is 19.3 Å². The third kappa shape index (κ3) is 53.0. The van der Waals surface area contributed by atoms with E-state index in [9.17, 15) is 14.4 Å². The number of esters is 3. The molecule has 1 atom stereocenters. The first-order valence-electron chi connectivity index (χ1n) is 29.2. The zero-order valence-corrected chi connectivity index (χ0v) is 44.0. The van der Waals surface area contributed by atoms with E-state index in [0.717, 1.165) is 57.8 Å². The van der Waals surface area contributed by atoms with Crippen molar-refractivity contribution in [2.45, 2.75) is 335 Å². The lowest BCUT2D eigenvalue weighted by Crippen LogP contribution is -2.30. The summed E-state index contributed by atoms with van der Waals surface area (Å²) in [5, 5.41) is 0. The van der Waals surface area contributed by atoms with E-state index in [2.05, 4.69) is 32.9 Å². The van der Waals surface area contributed by atoms with Crippen molar-refractivity contribution in [2.24, 2.45) is 0 Å². The second-order valence-electron chi connectivity index (χ2n) is 19.9. The Kier molecular flexibility index (Phi) is 53.2. The predicted molar refractivity (Wildman–Crippen MR) is 280 cm³/mol. The van der Waals surface area contributed by atoms with E-state index >= 15 is 0 Å². The lowest BCUT2D eigenvalue weighted by atomic mass is 10.0. The molecule has 0 radical (unpaired) electrons. The van der Waals surface area contributed by atoms with Gasteiger partial charge in [-0.2, -0.15) is 0 Å². The minimum Gasteiger partial charge on any atom is -0.462 e. The van der Waals surface area contributed by atoms with Crippen molar-refractivity contribution in [2.75, 3.05) is 13.2 Å². The Hall–Kier alpha value is -1.85. The van der Waals surface area contributed by atoms with E-state index in [4.69, 9.17) is 14.2 Å². The molecule has 0 amide bonds. The Bertz CT molecular complexity index is 1010. The molecule has 0 spiro atoms. The van der Waals surface area contributed by atoms with Crippen molar-refractivity contribution < 1.29 is 28.6 Å². The molecule has 0 aliphatic rings. The van der Waals surface area contributed by atoms with Crippen LogP contribution in [-0.4, -0.2) is 37.2 Å². The summed E-state index contributed by atoms with van der Waals surface area (Å²) in [4.78, 5) is 37.7. The number of allylic oxidation sites excluding steroid dienone is 2. The average molecular weight is 918 g/mol. The van der Waals surface area contributed by atoms with Crippen LogP contribution in [-0.2, 0) is 28.6 Å². The van der Waals surface area contributed by atoms with Gasteiger partial charge in [-0.05, 0) is 44.9 Å². The number of carbonyl (C=O) groups excluding carboxylic acids is 3. The van der Waals surface area contributed by atoms with Gasteiger partial charge in [-0.1, -0.05) is 277 Å². The zero-order valence-electron chi connectivity index (χ0n) is 44.0. The molecule has 6 nitrogen and oxygen atoms in total. The maximum atomic E-state index is 12.7. The van der Waals surface area contributed by atoms with E-state index in [0.29, 0.717) is 19.3 Å². The Morgan fingerprint density at radius 1 is 0.292 bits per heavy atom. The Balaban J connectivity index is 3.86. The third-order valence-electron chi connectivity index (χ3n) is 13.3. The second kappa shape index (κ2) is 54.8. The maximum Gasteiger partial charge on any atom is 0.306 e. The first kappa shape index (κ1) is 63.1. The van der Waals surface area contributed by atoms with Crippen molar-refractivity contribution in [1.29, 1.82) is 0 Å². The molecule has 0 aromatic carbocycles. The van der Waals surface area contributed by atoms with Gasteiger partial charge < -0.3 is 14.2 Å². The minimum absolute atomic E-state index is 0.0645. The molecule has 0 bridgehead atoms. The summed E-state index contributed by atoms with van der Waals surface area (Å²) in [7, 11) is 0. The maximum absolute atomic E-state index is 12.7. The predicted octanol–water partition coefficient (Wildman–Crippen LogP) is 19.3. The van der Waals surface area contributed by atoms with Crippen LogP contribution in [0, 0.1) is 0 Å². The van der Waals surface area contributed by atoms with Crippen molar-refractivity contribution in [3.63, 3.8) is 0 Å². The molecule has 0 saturated heterocycles. The van der Waals surface area contributed by atoms with Crippen LogP contribution >= 0.6 is 0 Å². The zero-order chi connectivity index (χ0) is 47.2. The summed E-state index contributed by atoms with van der Waals surface area (Å²) in [6.07, 6.45) is 62.7. The summed E-state index contributed by atoms with van der Waals surface area (Å²) in [6, 6.07) is 0. The highest BCUT2D eigenvalue weighted by atomic mass is 16.6. The second-order valence-corrected chi connectivity index (χ2v) is 19.9. The van der Waals surface area contributed by atoms with Gasteiger partial charge in [0.15, 0.2) is 6.10 Å². The van der Waals surface area contributed by atoms with E-state index < -0.39 is 6.10 Å². The van der Waals surface area contributed by atoms with Crippen LogP contribution in [0.25, 0.3) is 0 Å². The number of ether oxygens (including phenoxy) is 3. The lowest BCUT2D eigenvalue weighted by Gasteiger charge is -2.18. The molecular formula is C59H112O6. The van der Waals surface area contributed by atoms with E-state index in [1.807, 2.05) is 0 Å². The summed E-state index contributed by atoms with van der Waals surface area (Å²) in [5.41, 5.74) is 0. The molecule has 65 heavy (non-hydrogen) atoms. The highest BCUT2D eigenvalue weighted by molar-refractivity contribution is 5.71. The van der Waals surface area contributed by atoms with Gasteiger partial charge in [0.1, 0.15) is 13.2 Å². The molecule has 0 aliphatic carbocycles.